The Balaban J connectivity index is 0.000000175. The van der Waals surface area contributed by atoms with Crippen molar-refractivity contribution in [3.05, 3.63) is 149 Å². The summed E-state index contributed by atoms with van der Waals surface area (Å²) in [6.07, 6.45) is -1.78. The summed E-state index contributed by atoms with van der Waals surface area (Å²) in [6, 6.07) is 11.7. The van der Waals surface area contributed by atoms with Gasteiger partial charge < -0.3 is 93.2 Å². The van der Waals surface area contributed by atoms with Crippen LogP contribution in [0.15, 0.2) is 60.9 Å². The zero-order valence-corrected chi connectivity index (χ0v) is 89.0. The summed E-state index contributed by atoms with van der Waals surface area (Å²) in [6.45, 7) is 22.9. The lowest BCUT2D eigenvalue weighted by Crippen LogP contribution is -2.41. The van der Waals surface area contributed by atoms with E-state index < -0.39 is 92.7 Å². The number of methoxy groups -OCH3 is 2. The lowest BCUT2D eigenvalue weighted by molar-refractivity contribution is -0.137. The number of ether oxygens (including phenoxy) is 8. The fourth-order valence-electron chi connectivity index (χ4n) is 14.8. The van der Waals surface area contributed by atoms with Crippen LogP contribution in [0.25, 0.3) is 11.4 Å². The average molecular weight is 2300 g/mol. The van der Waals surface area contributed by atoms with Crippen molar-refractivity contribution in [1.82, 2.24) is 84.7 Å². The minimum absolute atomic E-state index is 0. The van der Waals surface area contributed by atoms with Crippen LogP contribution in [0.2, 0.25) is 37.0 Å². The topological polar surface area (TPSA) is 540 Å². The van der Waals surface area contributed by atoms with Gasteiger partial charge in [-0.2, -0.15) is 41.3 Å². The van der Waals surface area contributed by atoms with Gasteiger partial charge in [-0.15, -0.1) is 11.6 Å². The fraction of sp³-hybridized carbons (Fsp3) is 0.547. The number of halogens is 14. The van der Waals surface area contributed by atoms with Crippen molar-refractivity contribution >= 4 is 193 Å². The molecule has 5 N–H and O–H groups in total. The first-order valence-corrected chi connectivity index (χ1v) is 53.8. The van der Waals surface area contributed by atoms with Crippen LogP contribution in [0.1, 0.15) is 122 Å². The Labute approximate surface area is 889 Å². The number of carbonyl (C=O) groups excluding carboxylic acids is 2. The Morgan fingerprint density at radius 1 is 0.419 bits per heavy atom. The summed E-state index contributed by atoms with van der Waals surface area (Å²) in [4.78, 5) is 101. The number of hydrogen-bond donors (Lipinski definition) is 3. The third-order valence-corrected chi connectivity index (χ3v) is 29.7. The smallest absolute Gasteiger partial charge is 0.464 e. The first-order valence-electron chi connectivity index (χ1n) is 44.8. The molecular formula is C86H108BCl8F6N25O19S3. The van der Waals surface area contributed by atoms with E-state index in [4.69, 9.17) is 147 Å². The molecule has 9 aromatic rings. The normalized spacial score (nSPS) is 17.7. The van der Waals surface area contributed by atoms with Crippen molar-refractivity contribution in [2.24, 2.45) is 0 Å². The lowest BCUT2D eigenvalue weighted by Gasteiger charge is -2.32. The lowest BCUT2D eigenvalue weighted by atomic mass is 9.77. The first-order chi connectivity index (χ1) is 69.2. The number of sulfone groups is 3. The first kappa shape index (κ1) is 120. The third kappa shape index (κ3) is 33.8. The highest BCUT2D eigenvalue weighted by molar-refractivity contribution is 7.92. The monoisotopic (exact) mass is 2300 g/mol. The molecular weight excluding hydrogens is 2190 g/mol. The van der Waals surface area contributed by atoms with E-state index in [0.717, 1.165) is 107 Å². The molecule has 7 aliphatic heterocycles. The van der Waals surface area contributed by atoms with Crippen LogP contribution in [0.3, 0.4) is 0 Å². The van der Waals surface area contributed by atoms with Gasteiger partial charge in [0.2, 0.25) is 42.8 Å². The van der Waals surface area contributed by atoms with Crippen LogP contribution in [0.4, 0.5) is 72.9 Å². The molecule has 2 aliphatic carbocycles. The van der Waals surface area contributed by atoms with Crippen molar-refractivity contribution < 1.29 is 113 Å². The molecule has 0 bridgehead atoms. The van der Waals surface area contributed by atoms with Gasteiger partial charge in [0.1, 0.15) is 56.0 Å². The largest absolute Gasteiger partial charge is 0.497 e. The van der Waals surface area contributed by atoms with E-state index in [2.05, 4.69) is 104 Å². The van der Waals surface area contributed by atoms with Crippen molar-refractivity contribution in [1.29, 1.82) is 0 Å². The van der Waals surface area contributed by atoms with E-state index in [-0.39, 0.29) is 102 Å². The third-order valence-electron chi connectivity index (χ3n) is 23.4. The summed E-state index contributed by atoms with van der Waals surface area (Å²) < 4.78 is 201. The van der Waals surface area contributed by atoms with Crippen LogP contribution < -0.4 is 46.3 Å². The van der Waals surface area contributed by atoms with Crippen LogP contribution in [-0.2, 0) is 117 Å². The molecule has 0 atom stereocenters. The second-order valence-corrected chi connectivity index (χ2v) is 43.7. The molecule has 44 nitrogen and oxygen atoms in total. The molecule has 0 radical (unpaired) electrons. The number of aliphatic hydroxyl groups excluding tert-OH is 1. The molecule has 810 valence electrons. The number of anilines is 8. The molecule has 0 amide bonds. The number of rotatable bonds is 18. The molecule has 62 heteroatoms. The highest BCUT2D eigenvalue weighted by Gasteiger charge is 2.58. The maximum atomic E-state index is 13.6. The van der Waals surface area contributed by atoms with Crippen molar-refractivity contribution in [2.45, 2.75) is 112 Å². The van der Waals surface area contributed by atoms with Crippen molar-refractivity contribution in [3.8, 4) is 11.4 Å². The Morgan fingerprint density at radius 2 is 0.736 bits per heavy atom. The van der Waals surface area contributed by atoms with E-state index >= 15 is 0 Å². The number of nitrogens with two attached hydrogens (primary N) is 2. The minimum Gasteiger partial charge on any atom is -0.464 e. The SMILES string of the molecule is C.CC1(C)OB(c2cnc(N)cc2C(F)(F)F)OC1(C)C.COC(=O)c1cc(N2CCOCC2)nc(Cl)n1.COC(=O)c1nc(Cl)nc(Cl)n1.CS(=O)(=O)C1(c2cc(N3CCOCC3)nc(-c3cnc(N)cc3C(F)(F)F)n2)CC1.CS(=O)(=O)C1(c2cc(N3CCOCC3)nc(Cl)n2)CC1.CS(=O)(=O)Cc1cc(N2CCOCC2)nc(Cl)n1.ClCc1cc(N2CCOCC2)nc(Cl)n1.OCc1cc(N2CCOCC2)nc(Cl)n1. The van der Waals surface area contributed by atoms with Gasteiger partial charge in [-0.25, -0.2) is 105 Å². The van der Waals surface area contributed by atoms with E-state index in [1.165, 1.54) is 20.5 Å². The Kier molecular flexibility index (Phi) is 42.9. The molecule has 9 aromatic heterocycles. The second-order valence-electron chi connectivity index (χ2n) is 34.3. The van der Waals surface area contributed by atoms with E-state index in [1.54, 1.807) is 58.0 Å². The van der Waals surface area contributed by atoms with Gasteiger partial charge in [0.05, 0.1) is 163 Å². The molecule has 0 spiro atoms. The van der Waals surface area contributed by atoms with Crippen LogP contribution >= 0.6 is 92.8 Å². The van der Waals surface area contributed by atoms with Gasteiger partial charge in [0.25, 0.3) is 0 Å². The summed E-state index contributed by atoms with van der Waals surface area (Å²) in [5.41, 5.74) is 9.51. The van der Waals surface area contributed by atoms with Crippen molar-refractivity contribution in [3.63, 3.8) is 0 Å². The number of aliphatic hydroxyl groups is 1. The molecule has 9 aliphatic rings. The van der Waals surface area contributed by atoms with Crippen LogP contribution in [0, 0.1) is 0 Å². The minimum atomic E-state index is -4.71. The Bertz CT molecular complexity index is 6320. The van der Waals surface area contributed by atoms with Gasteiger partial charge >= 0.3 is 31.4 Å². The summed E-state index contributed by atoms with van der Waals surface area (Å²) >= 11 is 45.7. The standard InChI is InChI=1S/C18H20F3N5O3S.C12H16BF3N2O2.C12H16ClN3O3S.C10H14ClN3O3S.C10H12ClN3O3.C9H11Cl2N3O.C9H12ClN3O2.C5H3Cl2N3O2.CH4/c1-30(27,28)17(2-3-17)13-9-15(26-4-6-29-7-5-26)25-16(24-13)11-10-23-14(22)8-12(11)18(19,20)21;1-10(2)11(3,4)20-13(19-10)8-6-18-9(17)5-7(8)12(14,15)16;1-20(17,18)12(2-3-12)9-8-10(15-11(13)14-9)16-4-6-19-7-5-16;1-18(15,16)7-8-6-9(13-10(11)12-8)14-2-4-17-5-3-14;1-16-9(15)7-6-8(13-10(11)12-7)14-2-4-17-5-3-14;10-6-7-5-8(13-9(11)12-7)14-1-3-15-4-2-14;10-9-11-7(6-14)5-8(12-9)13-1-3-15-4-2-13;1-12-3(11)2-8-4(6)10-5(7)9-2;/h8-10H,2-7H2,1H3,(H2,22,23);5-6H,1-4H3,(H2,17,18);8H,2-7H2,1H3;6H,2-5,7H2,1H3;6H,2-5H2,1H3;5H,1-4,6H2;5,14H,1-4,6H2;1H3;1H4. The molecule has 16 heterocycles. The van der Waals surface area contributed by atoms with Crippen LogP contribution in [-0.4, -0.2) is 336 Å². The number of alkyl halides is 7. The van der Waals surface area contributed by atoms with Gasteiger partial charge in [-0.05, 0) is 147 Å². The van der Waals surface area contributed by atoms with Gasteiger partial charge in [0, 0.05) is 157 Å². The number of nitrogen functional groups attached to an aromatic ring is 2. The van der Waals surface area contributed by atoms with Crippen LogP contribution in [0.5, 0.6) is 0 Å². The zero-order chi connectivity index (χ0) is 107. The highest BCUT2D eigenvalue weighted by Crippen LogP contribution is 2.54. The number of nitrogens with zero attached hydrogens (tertiary/aromatic N) is 23. The highest BCUT2D eigenvalue weighted by atomic mass is 35.5. The molecule has 18 rings (SSSR count). The summed E-state index contributed by atoms with van der Waals surface area (Å²) in [7, 11) is -8.48. The molecule has 0 unspecified atom stereocenters. The molecule has 9 fully saturated rings. The molecule has 2 saturated carbocycles. The fourth-order valence-corrected chi connectivity index (χ4v) is 19.5. The second kappa shape index (κ2) is 52.8. The Hall–Kier alpha value is -9.42. The average Bonchev–Trinajstić information content (AvgIpc) is 1.57. The number of aromatic nitrogens is 17. The quantitative estimate of drug-likeness (QED) is 0.0236. The van der Waals surface area contributed by atoms with E-state index in [0.29, 0.717) is 177 Å². The number of morpholine rings is 6. The van der Waals surface area contributed by atoms with E-state index in [1.807, 2.05) is 25.7 Å². The summed E-state index contributed by atoms with van der Waals surface area (Å²) in [5.74, 6) is 1.95. The maximum absolute atomic E-state index is 13.6. The predicted octanol–water partition coefficient (Wildman–Crippen LogP) is 10.0. The van der Waals surface area contributed by atoms with Gasteiger partial charge in [0.15, 0.2) is 41.0 Å². The number of hydrogen-bond acceptors (Lipinski definition) is 44. The van der Waals surface area contributed by atoms with E-state index in [9.17, 15) is 61.2 Å². The number of pyridine rings is 2. The Morgan fingerprint density at radius 3 is 1.09 bits per heavy atom. The van der Waals surface area contributed by atoms with Gasteiger partial charge in [-0.1, -0.05) is 7.43 Å². The molecule has 0 aromatic carbocycles. The zero-order valence-electron chi connectivity index (χ0n) is 80.5. The number of carbonyl (C=O) groups is 2. The van der Waals surface area contributed by atoms with Gasteiger partial charge in [-0.3, -0.25) is 0 Å². The summed E-state index contributed by atoms with van der Waals surface area (Å²) in [5, 5.41) is 9.32. The number of esters is 2. The molecule has 148 heavy (non-hydrogen) atoms. The maximum Gasteiger partial charge on any atom is 0.497 e. The van der Waals surface area contributed by atoms with Crippen molar-refractivity contribution in [2.75, 3.05) is 232 Å². The predicted molar refractivity (Wildman–Crippen MR) is 542 cm³/mol. The molecule has 7 saturated heterocycles.